The van der Waals surface area contributed by atoms with Crippen LogP contribution in [0.5, 0.6) is 0 Å². The molecule has 0 atom stereocenters. The Morgan fingerprint density at radius 3 is 2.40 bits per heavy atom. The summed E-state index contributed by atoms with van der Waals surface area (Å²) in [7, 11) is 0. The largest absolute Gasteiger partial charge is 0.316 e. The number of hydrogen-bond acceptors (Lipinski definition) is 2. The van der Waals surface area contributed by atoms with Crippen LogP contribution in [0.4, 0.5) is 0 Å². The van der Waals surface area contributed by atoms with Gasteiger partial charge in [0, 0.05) is 13.1 Å². The molecule has 0 unspecified atom stereocenters. The van der Waals surface area contributed by atoms with Gasteiger partial charge in [-0.2, -0.15) is 0 Å². The van der Waals surface area contributed by atoms with Crippen LogP contribution < -0.4 is 5.32 Å². The summed E-state index contributed by atoms with van der Waals surface area (Å²) in [6, 6.07) is 9.02. The van der Waals surface area contributed by atoms with E-state index in [1.165, 1.54) is 11.1 Å². The minimum atomic E-state index is 0.724. The fraction of sp³-hybridized carbons (Fsp3) is 0.556. The normalized spacial score (nSPS) is 11.2. The summed E-state index contributed by atoms with van der Waals surface area (Å²) >= 11 is 0. The summed E-state index contributed by atoms with van der Waals surface area (Å²) < 4.78 is 0. The van der Waals surface area contributed by atoms with Gasteiger partial charge in [0.25, 0.3) is 0 Å². The number of nitrogens with zero attached hydrogens (tertiary/aromatic N) is 1. The lowest BCUT2D eigenvalue weighted by molar-refractivity contribution is 0.311. The van der Waals surface area contributed by atoms with Crippen LogP contribution >= 0.6 is 0 Å². The maximum absolute atomic E-state index is 3.81. The van der Waals surface area contributed by atoms with E-state index in [2.05, 4.69) is 61.8 Å². The number of nitrogens with one attached hydrogen (secondary N) is 1. The van der Waals surface area contributed by atoms with Crippen molar-refractivity contribution in [3.05, 3.63) is 48.0 Å². The third-order valence-corrected chi connectivity index (χ3v) is 3.41. The van der Waals surface area contributed by atoms with Crippen molar-refractivity contribution in [1.29, 1.82) is 0 Å². The Balaban J connectivity index is 2.37. The second kappa shape index (κ2) is 9.73. The van der Waals surface area contributed by atoms with E-state index >= 15 is 0 Å². The van der Waals surface area contributed by atoms with E-state index in [1.807, 2.05) is 6.08 Å². The smallest absolute Gasteiger partial charge is 0.0236 e. The van der Waals surface area contributed by atoms with Crippen LogP contribution in [0.15, 0.2) is 36.9 Å². The Labute approximate surface area is 124 Å². The molecule has 0 heterocycles. The van der Waals surface area contributed by atoms with Gasteiger partial charge in [0.2, 0.25) is 0 Å². The molecule has 0 radical (unpaired) electrons. The van der Waals surface area contributed by atoms with Crippen molar-refractivity contribution in [3.63, 3.8) is 0 Å². The molecule has 0 amide bonds. The van der Waals surface area contributed by atoms with Crippen LogP contribution in [0.2, 0.25) is 0 Å². The molecule has 0 aromatic heterocycles. The maximum Gasteiger partial charge on any atom is 0.0236 e. The molecule has 0 aliphatic rings. The lowest BCUT2D eigenvalue weighted by Gasteiger charge is -2.18. The molecule has 0 fully saturated rings. The highest BCUT2D eigenvalue weighted by Crippen LogP contribution is 2.08. The van der Waals surface area contributed by atoms with Crippen LogP contribution in [-0.2, 0) is 13.0 Å². The van der Waals surface area contributed by atoms with Gasteiger partial charge in [-0.1, -0.05) is 51.1 Å². The van der Waals surface area contributed by atoms with Crippen molar-refractivity contribution in [2.45, 2.75) is 33.7 Å². The number of hydrogen-bond donors (Lipinski definition) is 1. The molecule has 112 valence electrons. The molecule has 0 saturated heterocycles. The predicted molar refractivity (Wildman–Crippen MR) is 89.0 cm³/mol. The highest BCUT2D eigenvalue weighted by Gasteiger charge is 2.02. The van der Waals surface area contributed by atoms with Crippen LogP contribution in [0.25, 0.3) is 0 Å². The zero-order chi connectivity index (χ0) is 14.8. The van der Waals surface area contributed by atoms with Gasteiger partial charge in [-0.05, 0) is 43.1 Å². The van der Waals surface area contributed by atoms with Crippen molar-refractivity contribution >= 4 is 0 Å². The molecule has 2 heteroatoms. The van der Waals surface area contributed by atoms with E-state index in [9.17, 15) is 0 Å². The average Bonchev–Trinajstić information content (AvgIpc) is 2.44. The standard InChI is InChI=1S/C18H30N2/c1-5-13-20(6-2)15-18-9-7-17(8-10-18)11-12-19-14-16(3)4/h5,7-10,16,19H,1,6,11-15H2,2-4H3. The lowest BCUT2D eigenvalue weighted by Crippen LogP contribution is -2.23. The van der Waals surface area contributed by atoms with Gasteiger partial charge in [0.05, 0.1) is 0 Å². The van der Waals surface area contributed by atoms with E-state index in [1.54, 1.807) is 0 Å². The summed E-state index contributed by atoms with van der Waals surface area (Å²) in [6.07, 6.45) is 3.08. The van der Waals surface area contributed by atoms with Gasteiger partial charge < -0.3 is 5.32 Å². The third kappa shape index (κ3) is 6.88. The first-order valence-electron chi connectivity index (χ1n) is 7.77. The summed E-state index contributed by atoms with van der Waals surface area (Å²) in [4.78, 5) is 2.38. The molecule has 0 bridgehead atoms. The molecule has 0 spiro atoms. The zero-order valence-electron chi connectivity index (χ0n) is 13.4. The molecule has 1 aromatic carbocycles. The first-order valence-corrected chi connectivity index (χ1v) is 7.77. The van der Waals surface area contributed by atoms with Crippen LogP contribution in [0.3, 0.4) is 0 Å². The molecule has 20 heavy (non-hydrogen) atoms. The van der Waals surface area contributed by atoms with Gasteiger partial charge in [-0.25, -0.2) is 0 Å². The van der Waals surface area contributed by atoms with E-state index in [4.69, 9.17) is 0 Å². The van der Waals surface area contributed by atoms with Gasteiger partial charge >= 0.3 is 0 Å². The first-order chi connectivity index (χ1) is 9.65. The summed E-state index contributed by atoms with van der Waals surface area (Å²) in [6.45, 7) is 15.7. The van der Waals surface area contributed by atoms with Crippen molar-refractivity contribution < 1.29 is 0 Å². The lowest BCUT2D eigenvalue weighted by atomic mass is 10.1. The Bertz CT molecular complexity index is 368. The molecule has 2 nitrogen and oxygen atoms in total. The average molecular weight is 274 g/mol. The highest BCUT2D eigenvalue weighted by atomic mass is 15.1. The molecular weight excluding hydrogens is 244 g/mol. The van der Waals surface area contributed by atoms with Crippen LogP contribution in [0, 0.1) is 5.92 Å². The molecular formula is C18H30N2. The number of benzene rings is 1. The Morgan fingerprint density at radius 2 is 1.85 bits per heavy atom. The highest BCUT2D eigenvalue weighted by molar-refractivity contribution is 5.22. The fourth-order valence-electron chi connectivity index (χ4n) is 2.18. The quantitative estimate of drug-likeness (QED) is 0.519. The second-order valence-corrected chi connectivity index (χ2v) is 5.78. The molecule has 1 aromatic rings. The van der Waals surface area contributed by atoms with E-state index in [0.29, 0.717) is 0 Å². The first kappa shape index (κ1) is 16.9. The third-order valence-electron chi connectivity index (χ3n) is 3.41. The fourth-order valence-corrected chi connectivity index (χ4v) is 2.18. The SMILES string of the molecule is C=CCN(CC)Cc1ccc(CCNCC(C)C)cc1. The van der Waals surface area contributed by atoms with Crippen molar-refractivity contribution in [2.75, 3.05) is 26.2 Å². The zero-order valence-corrected chi connectivity index (χ0v) is 13.4. The predicted octanol–water partition coefficient (Wildman–Crippen LogP) is 3.48. The van der Waals surface area contributed by atoms with Crippen LogP contribution in [-0.4, -0.2) is 31.1 Å². The molecule has 0 aliphatic heterocycles. The molecule has 0 saturated carbocycles. The van der Waals surface area contributed by atoms with Gasteiger partial charge in [-0.3, -0.25) is 4.90 Å². The summed E-state index contributed by atoms with van der Waals surface area (Å²) in [5, 5.41) is 3.49. The topological polar surface area (TPSA) is 15.3 Å². The number of rotatable bonds is 10. The van der Waals surface area contributed by atoms with Crippen molar-refractivity contribution in [1.82, 2.24) is 10.2 Å². The van der Waals surface area contributed by atoms with Crippen molar-refractivity contribution in [2.24, 2.45) is 5.92 Å². The molecule has 0 aliphatic carbocycles. The van der Waals surface area contributed by atoms with Crippen molar-refractivity contribution in [3.8, 4) is 0 Å². The van der Waals surface area contributed by atoms with E-state index in [0.717, 1.165) is 45.1 Å². The van der Waals surface area contributed by atoms with Gasteiger partial charge in [-0.15, -0.1) is 6.58 Å². The summed E-state index contributed by atoms with van der Waals surface area (Å²) in [5.74, 6) is 0.724. The van der Waals surface area contributed by atoms with Crippen LogP contribution in [0.1, 0.15) is 31.9 Å². The molecule has 1 rings (SSSR count). The minimum Gasteiger partial charge on any atom is -0.316 e. The van der Waals surface area contributed by atoms with E-state index in [-0.39, 0.29) is 0 Å². The number of likely N-dealkylation sites (N-methyl/N-ethyl adjacent to an activating group) is 1. The Kier molecular flexibility index (Phi) is 8.24. The van der Waals surface area contributed by atoms with Gasteiger partial charge in [0.15, 0.2) is 0 Å². The molecule has 1 N–H and O–H groups in total. The second-order valence-electron chi connectivity index (χ2n) is 5.78. The maximum atomic E-state index is 3.81. The monoisotopic (exact) mass is 274 g/mol. The minimum absolute atomic E-state index is 0.724. The Morgan fingerprint density at radius 1 is 1.20 bits per heavy atom. The van der Waals surface area contributed by atoms with Gasteiger partial charge in [0.1, 0.15) is 0 Å². The summed E-state index contributed by atoms with van der Waals surface area (Å²) in [5.41, 5.74) is 2.80. The Hall–Kier alpha value is -1.12. The van der Waals surface area contributed by atoms with E-state index < -0.39 is 0 Å².